The first-order chi connectivity index (χ1) is 23.5. The first kappa shape index (κ1) is 32.3. The molecular formula is C33H34F4N8O3S. The van der Waals surface area contributed by atoms with Crippen molar-refractivity contribution in [1.82, 2.24) is 24.8 Å². The van der Waals surface area contributed by atoms with E-state index in [0.717, 1.165) is 30.4 Å². The predicted octanol–water partition coefficient (Wildman–Crippen LogP) is 4.42. The Morgan fingerprint density at radius 1 is 1.18 bits per heavy atom. The molecule has 0 radical (unpaired) electrons. The number of thiophene rings is 1. The quantitative estimate of drug-likeness (QED) is 0.266. The van der Waals surface area contributed by atoms with Crippen LogP contribution in [0.4, 0.5) is 28.4 Å². The molecule has 4 atom stereocenters. The number of nitrogen functional groups attached to an aromatic ring is 1. The van der Waals surface area contributed by atoms with Gasteiger partial charge in [0.1, 0.15) is 35.1 Å². The molecule has 0 spiro atoms. The second-order valence-electron chi connectivity index (χ2n) is 13.5. The fourth-order valence-corrected chi connectivity index (χ4v) is 9.03. The van der Waals surface area contributed by atoms with Gasteiger partial charge in [0, 0.05) is 55.6 Å². The molecule has 2 bridgehead atoms. The third-order valence-corrected chi connectivity index (χ3v) is 11.3. The maximum Gasteiger partial charge on any atom is 0.319 e. The molecule has 3 fully saturated rings. The van der Waals surface area contributed by atoms with E-state index in [0.29, 0.717) is 42.0 Å². The highest BCUT2D eigenvalue weighted by molar-refractivity contribution is 7.23. The van der Waals surface area contributed by atoms with Crippen LogP contribution in [0.3, 0.4) is 0 Å². The third-order valence-electron chi connectivity index (χ3n) is 10.3. The number of fused-ring (bicyclic) bond motifs is 6. The van der Waals surface area contributed by atoms with E-state index < -0.39 is 36.3 Å². The molecule has 4 unspecified atom stereocenters. The van der Waals surface area contributed by atoms with E-state index in [9.17, 15) is 23.5 Å². The van der Waals surface area contributed by atoms with E-state index in [1.54, 1.807) is 14.0 Å². The molecule has 16 heteroatoms. The van der Waals surface area contributed by atoms with Gasteiger partial charge in [0.2, 0.25) is 0 Å². The first-order valence-electron chi connectivity index (χ1n) is 16.3. The zero-order valence-corrected chi connectivity index (χ0v) is 27.7. The molecule has 3 N–H and O–H groups in total. The lowest BCUT2D eigenvalue weighted by atomic mass is 9.93. The van der Waals surface area contributed by atoms with Gasteiger partial charge in [0.05, 0.1) is 46.9 Å². The summed E-state index contributed by atoms with van der Waals surface area (Å²) in [6, 6.07) is 0.526. The maximum absolute atomic E-state index is 17.3. The summed E-state index contributed by atoms with van der Waals surface area (Å²) in [6.45, 7) is 3.48. The molecule has 0 saturated carbocycles. The van der Waals surface area contributed by atoms with E-state index in [2.05, 4.69) is 19.8 Å². The summed E-state index contributed by atoms with van der Waals surface area (Å²) in [5.41, 5.74) is 7.11. The van der Waals surface area contributed by atoms with Crippen LogP contribution in [0.1, 0.15) is 42.9 Å². The van der Waals surface area contributed by atoms with Crippen molar-refractivity contribution in [3.05, 3.63) is 34.5 Å². The lowest BCUT2D eigenvalue weighted by Gasteiger charge is -2.42. The zero-order valence-electron chi connectivity index (χ0n) is 26.8. The number of nitrogens with zero attached hydrogens (tertiary/aromatic N) is 7. The lowest BCUT2D eigenvalue weighted by Crippen LogP contribution is -2.55. The summed E-state index contributed by atoms with van der Waals surface area (Å²) < 4.78 is 73.7. The van der Waals surface area contributed by atoms with Crippen LogP contribution in [0.15, 0.2) is 6.20 Å². The van der Waals surface area contributed by atoms with E-state index in [4.69, 9.17) is 20.2 Å². The van der Waals surface area contributed by atoms with Gasteiger partial charge in [-0.25, -0.2) is 17.6 Å². The number of hydrogen-bond donors (Lipinski definition) is 2. The Balaban J connectivity index is 1.33. The highest BCUT2D eigenvalue weighted by atomic mass is 32.1. The fourth-order valence-electron chi connectivity index (χ4n) is 8.11. The SMILES string of the molecule is CC(O)CN1CC2CCC(C1)N2c1nc(OCC2N(C)CCC2(F)F)nc2c(F)c(-c3ncc(F)c4sc(N)c(C#N)c34)c3c(c12)COC3. The molecule has 0 aliphatic carbocycles. The Morgan fingerprint density at radius 2 is 1.92 bits per heavy atom. The van der Waals surface area contributed by atoms with Crippen molar-refractivity contribution in [1.29, 1.82) is 5.26 Å². The Kier molecular flexibility index (Phi) is 7.83. The lowest BCUT2D eigenvalue weighted by molar-refractivity contribution is -0.0442. The van der Waals surface area contributed by atoms with Crippen LogP contribution in [0.25, 0.3) is 32.2 Å². The van der Waals surface area contributed by atoms with E-state index >= 15 is 4.39 Å². The number of anilines is 2. The zero-order chi connectivity index (χ0) is 34.4. The van der Waals surface area contributed by atoms with Gasteiger partial charge in [0.15, 0.2) is 11.6 Å². The molecule has 4 aromatic rings. The standard InChI is InChI=1S/C33H34F4N8O3S/c1-15(46)9-44-10-16-3-4-17(11-44)45(16)31-25-20-13-47-12-19(20)23(27-24-18(7-38)30(39)49-29(24)21(34)8-40-27)26(35)28(25)41-32(42-31)48-14-22-33(36,37)5-6-43(22)2/h8,15-17,22,46H,3-6,9-14,39H2,1-2H3. The Bertz CT molecular complexity index is 2020. The van der Waals surface area contributed by atoms with Crippen molar-refractivity contribution >= 4 is 43.1 Å². The minimum Gasteiger partial charge on any atom is -0.461 e. The van der Waals surface area contributed by atoms with Gasteiger partial charge in [-0.3, -0.25) is 14.8 Å². The monoisotopic (exact) mass is 698 g/mol. The van der Waals surface area contributed by atoms with Gasteiger partial charge in [-0.1, -0.05) is 0 Å². The van der Waals surface area contributed by atoms with Gasteiger partial charge < -0.3 is 25.2 Å². The van der Waals surface area contributed by atoms with Crippen molar-refractivity contribution in [3.8, 4) is 23.3 Å². The summed E-state index contributed by atoms with van der Waals surface area (Å²) >= 11 is 0.884. The molecule has 49 heavy (non-hydrogen) atoms. The second kappa shape index (κ2) is 11.9. The number of piperazine rings is 1. The summed E-state index contributed by atoms with van der Waals surface area (Å²) in [7, 11) is 1.60. The number of benzene rings is 1. The summed E-state index contributed by atoms with van der Waals surface area (Å²) in [6.07, 6.45) is 1.85. The molecule has 11 nitrogen and oxygen atoms in total. The summed E-state index contributed by atoms with van der Waals surface area (Å²) in [5, 5.41) is 20.6. The second-order valence-corrected chi connectivity index (χ2v) is 14.5. The molecule has 8 rings (SSSR count). The van der Waals surface area contributed by atoms with Gasteiger partial charge in [-0.05, 0) is 37.9 Å². The van der Waals surface area contributed by atoms with Gasteiger partial charge in [0.25, 0.3) is 5.92 Å². The van der Waals surface area contributed by atoms with Crippen LogP contribution in [0.5, 0.6) is 6.01 Å². The molecule has 4 aliphatic heterocycles. The number of aliphatic hydroxyl groups is 1. The first-order valence-corrected chi connectivity index (χ1v) is 17.1. The van der Waals surface area contributed by atoms with Crippen LogP contribution in [-0.2, 0) is 18.0 Å². The number of alkyl halides is 2. The number of nitriles is 1. The maximum atomic E-state index is 17.3. The number of halogens is 4. The molecule has 1 aromatic carbocycles. The average Bonchev–Trinajstić information content (AvgIpc) is 3.79. The molecule has 3 aromatic heterocycles. The van der Waals surface area contributed by atoms with Gasteiger partial charge in [-0.2, -0.15) is 15.2 Å². The largest absolute Gasteiger partial charge is 0.461 e. The molecular weight excluding hydrogens is 664 g/mol. The van der Waals surface area contributed by atoms with Gasteiger partial charge in [-0.15, -0.1) is 11.3 Å². The number of nitrogens with two attached hydrogens (primary N) is 1. The number of likely N-dealkylation sites (tertiary alicyclic amines) is 2. The molecule has 258 valence electrons. The van der Waals surface area contributed by atoms with Crippen molar-refractivity contribution < 1.29 is 32.1 Å². The van der Waals surface area contributed by atoms with Crippen LogP contribution in [0, 0.1) is 23.0 Å². The Hall–Kier alpha value is -3.88. The highest BCUT2D eigenvalue weighted by Crippen LogP contribution is 2.48. The topological polar surface area (TPSA) is 137 Å². The number of ether oxygens (including phenoxy) is 2. The minimum atomic E-state index is -2.98. The Morgan fingerprint density at radius 3 is 2.59 bits per heavy atom. The van der Waals surface area contributed by atoms with Crippen molar-refractivity contribution in [2.75, 3.05) is 50.5 Å². The van der Waals surface area contributed by atoms with E-state index in [-0.39, 0.29) is 81.7 Å². The molecule has 3 saturated heterocycles. The van der Waals surface area contributed by atoms with Crippen molar-refractivity contribution in [2.24, 2.45) is 0 Å². The summed E-state index contributed by atoms with van der Waals surface area (Å²) in [4.78, 5) is 19.5. The smallest absolute Gasteiger partial charge is 0.319 e. The number of β-amino-alcohol motifs (C(OH)–C–C–N with tert-alkyl or cyclic N) is 1. The highest BCUT2D eigenvalue weighted by Gasteiger charge is 2.48. The molecule has 7 heterocycles. The van der Waals surface area contributed by atoms with E-state index in [1.165, 1.54) is 4.90 Å². The van der Waals surface area contributed by atoms with Crippen LogP contribution in [0.2, 0.25) is 0 Å². The number of likely N-dealkylation sites (N-methyl/N-ethyl adjacent to an activating group) is 1. The molecule has 4 aliphatic rings. The van der Waals surface area contributed by atoms with Crippen molar-refractivity contribution in [3.63, 3.8) is 0 Å². The number of aromatic nitrogens is 3. The van der Waals surface area contributed by atoms with Gasteiger partial charge >= 0.3 is 6.01 Å². The fraction of sp³-hybridized carbons (Fsp3) is 0.515. The van der Waals surface area contributed by atoms with Crippen LogP contribution < -0.4 is 15.4 Å². The van der Waals surface area contributed by atoms with Crippen LogP contribution in [-0.4, -0.2) is 99.8 Å². The summed E-state index contributed by atoms with van der Waals surface area (Å²) in [5.74, 6) is -4.04. The minimum absolute atomic E-state index is 0.00156. The van der Waals surface area contributed by atoms with E-state index in [1.807, 2.05) is 6.07 Å². The number of pyridine rings is 1. The molecule has 0 amide bonds. The number of aliphatic hydroxyl groups excluding tert-OH is 1. The average molecular weight is 699 g/mol. The van der Waals surface area contributed by atoms with Crippen LogP contribution >= 0.6 is 11.3 Å². The third kappa shape index (κ3) is 5.16. The van der Waals surface area contributed by atoms with Crippen molar-refractivity contribution in [2.45, 2.75) is 69.6 Å². The normalized spacial score (nSPS) is 24.2. The number of hydrogen-bond acceptors (Lipinski definition) is 12. The number of rotatable bonds is 7. The Labute approximate surface area is 282 Å². The predicted molar refractivity (Wildman–Crippen MR) is 175 cm³/mol.